The molecule has 1 saturated heterocycles. The molecule has 1 saturated carbocycles. The highest BCUT2D eigenvalue weighted by Gasteiger charge is 2.36. The topological polar surface area (TPSA) is 103 Å². The van der Waals surface area contributed by atoms with Gasteiger partial charge < -0.3 is 10.3 Å². The summed E-state index contributed by atoms with van der Waals surface area (Å²) >= 11 is 0. The van der Waals surface area contributed by atoms with E-state index in [-0.39, 0.29) is 29.8 Å². The first-order valence-corrected chi connectivity index (χ1v) is 12.5. The Morgan fingerprint density at radius 3 is 2.44 bits per heavy atom. The Morgan fingerprint density at radius 2 is 1.76 bits per heavy atom. The first kappa shape index (κ1) is 22.9. The molecule has 1 aliphatic carbocycles. The number of aromatic nitrogens is 1. The van der Waals surface area contributed by atoms with Gasteiger partial charge in [0.15, 0.2) is 0 Å². The molecule has 2 fully saturated rings. The third-order valence-electron chi connectivity index (χ3n) is 6.55. The van der Waals surface area contributed by atoms with Gasteiger partial charge in [0.2, 0.25) is 5.91 Å². The number of aromatic amines is 1. The Morgan fingerprint density at radius 1 is 1.03 bits per heavy atom. The fourth-order valence-electron chi connectivity index (χ4n) is 4.81. The standard InChI is InChI=1S/C23H23F3N4O3S/c24-15-3-1-13(2-4-15)21-20(17-9-16(25)10-18(26)22(17)29-21)14-7-12(8-14)11-28-34(32,33)30-19-5-6-27-23(19)31/h1-4,9-10,12,14,19,28-30H,5-8,11H2,(H,27,31)/t12-,14-,19-/m1/s1. The quantitative estimate of drug-likeness (QED) is 0.408. The Hall–Kier alpha value is -2.89. The summed E-state index contributed by atoms with van der Waals surface area (Å²) in [6.45, 7) is 0.607. The summed E-state index contributed by atoms with van der Waals surface area (Å²) in [7, 11) is -3.84. The molecule has 2 aliphatic rings. The second-order valence-electron chi connectivity index (χ2n) is 8.87. The van der Waals surface area contributed by atoms with E-state index in [1.807, 2.05) is 0 Å². The molecule has 1 aromatic heterocycles. The highest BCUT2D eigenvalue weighted by molar-refractivity contribution is 7.87. The van der Waals surface area contributed by atoms with Crippen LogP contribution in [0.15, 0.2) is 36.4 Å². The number of nitrogens with one attached hydrogen (secondary N) is 4. The van der Waals surface area contributed by atoms with Crippen LogP contribution < -0.4 is 14.8 Å². The molecule has 34 heavy (non-hydrogen) atoms. The van der Waals surface area contributed by atoms with E-state index >= 15 is 0 Å². The van der Waals surface area contributed by atoms with Gasteiger partial charge in [-0.05, 0) is 72.6 Å². The van der Waals surface area contributed by atoms with Gasteiger partial charge in [-0.15, -0.1) is 0 Å². The molecular formula is C23H23F3N4O3S. The van der Waals surface area contributed by atoms with Crippen molar-refractivity contribution in [3.63, 3.8) is 0 Å². The van der Waals surface area contributed by atoms with Crippen LogP contribution in [0.25, 0.3) is 22.2 Å². The first-order valence-electron chi connectivity index (χ1n) is 11.0. The molecule has 0 unspecified atom stereocenters. The van der Waals surface area contributed by atoms with E-state index in [1.54, 1.807) is 12.1 Å². The first-order chi connectivity index (χ1) is 16.2. The van der Waals surface area contributed by atoms with Crippen LogP contribution in [0.4, 0.5) is 13.2 Å². The smallest absolute Gasteiger partial charge is 0.277 e. The SMILES string of the molecule is O=C1NCC[C@H]1NS(=O)(=O)NC[C@H]1C[C@H](c2c(-c3ccc(F)cc3)[nH]c3c(F)cc(F)cc32)C1. The van der Waals surface area contributed by atoms with E-state index in [2.05, 4.69) is 19.7 Å². The van der Waals surface area contributed by atoms with Crippen molar-refractivity contribution in [2.75, 3.05) is 13.1 Å². The fraction of sp³-hybridized carbons (Fsp3) is 0.348. The summed E-state index contributed by atoms with van der Waals surface area (Å²) in [5.74, 6) is -2.20. The summed E-state index contributed by atoms with van der Waals surface area (Å²) < 4.78 is 71.4. The second kappa shape index (κ2) is 8.71. The van der Waals surface area contributed by atoms with Gasteiger partial charge in [-0.25, -0.2) is 17.9 Å². The maximum Gasteiger partial charge on any atom is 0.277 e. The van der Waals surface area contributed by atoms with E-state index in [1.165, 1.54) is 18.2 Å². The van der Waals surface area contributed by atoms with Crippen LogP contribution in [0.2, 0.25) is 0 Å². The van der Waals surface area contributed by atoms with Crippen molar-refractivity contribution in [2.45, 2.75) is 31.2 Å². The molecule has 0 bridgehead atoms. The molecule has 5 rings (SSSR count). The molecule has 2 aromatic carbocycles. The number of carbonyl (C=O) groups excluding carboxylic acids is 1. The molecular weight excluding hydrogens is 469 g/mol. The Bertz CT molecular complexity index is 1350. The van der Waals surface area contributed by atoms with Crippen LogP contribution in [0.5, 0.6) is 0 Å². The average molecular weight is 493 g/mol. The minimum Gasteiger partial charge on any atom is -0.355 e. The monoisotopic (exact) mass is 492 g/mol. The van der Waals surface area contributed by atoms with Gasteiger partial charge in [0.1, 0.15) is 23.5 Å². The van der Waals surface area contributed by atoms with Crippen LogP contribution in [0.1, 0.15) is 30.7 Å². The van der Waals surface area contributed by atoms with Crippen molar-refractivity contribution in [1.82, 2.24) is 19.7 Å². The lowest BCUT2D eigenvalue weighted by Crippen LogP contribution is -2.47. The van der Waals surface area contributed by atoms with Crippen LogP contribution in [-0.2, 0) is 15.0 Å². The van der Waals surface area contributed by atoms with Crippen LogP contribution in [0.3, 0.4) is 0 Å². The van der Waals surface area contributed by atoms with Crippen LogP contribution in [0, 0.1) is 23.4 Å². The summed E-state index contributed by atoms with van der Waals surface area (Å²) in [5, 5.41) is 3.00. The molecule has 2 heterocycles. The van der Waals surface area contributed by atoms with Crippen molar-refractivity contribution in [1.29, 1.82) is 0 Å². The van der Waals surface area contributed by atoms with E-state index in [4.69, 9.17) is 0 Å². The maximum atomic E-state index is 14.5. The van der Waals surface area contributed by atoms with Gasteiger partial charge in [0.25, 0.3) is 10.2 Å². The van der Waals surface area contributed by atoms with Crippen molar-refractivity contribution in [3.8, 4) is 11.3 Å². The Labute approximate surface area is 194 Å². The maximum absolute atomic E-state index is 14.5. The van der Waals surface area contributed by atoms with E-state index < -0.39 is 33.7 Å². The van der Waals surface area contributed by atoms with Crippen molar-refractivity contribution < 1.29 is 26.4 Å². The number of halogens is 3. The molecule has 4 N–H and O–H groups in total. The summed E-state index contributed by atoms with van der Waals surface area (Å²) in [6.07, 6.45) is 1.60. The number of rotatable bonds is 7. The summed E-state index contributed by atoms with van der Waals surface area (Å²) in [4.78, 5) is 14.6. The number of carbonyl (C=O) groups is 1. The number of fused-ring (bicyclic) bond motifs is 1. The summed E-state index contributed by atoms with van der Waals surface area (Å²) in [6, 6.07) is 7.08. The van der Waals surface area contributed by atoms with Gasteiger partial charge in [-0.1, -0.05) is 0 Å². The molecule has 7 nitrogen and oxygen atoms in total. The summed E-state index contributed by atoms with van der Waals surface area (Å²) in [5.41, 5.74) is 2.16. The molecule has 1 aliphatic heterocycles. The minimum atomic E-state index is -3.84. The largest absolute Gasteiger partial charge is 0.355 e. The fourth-order valence-corrected chi connectivity index (χ4v) is 5.95. The third kappa shape index (κ3) is 4.42. The van der Waals surface area contributed by atoms with Crippen molar-refractivity contribution in [2.24, 2.45) is 5.92 Å². The number of benzene rings is 2. The van der Waals surface area contributed by atoms with E-state index in [0.717, 1.165) is 11.6 Å². The van der Waals surface area contributed by atoms with Gasteiger partial charge in [-0.3, -0.25) is 4.79 Å². The minimum absolute atomic E-state index is 0.0170. The number of hydrogen-bond acceptors (Lipinski definition) is 3. The molecule has 1 atom stereocenters. The number of H-pyrrole nitrogens is 1. The van der Waals surface area contributed by atoms with E-state index in [9.17, 15) is 26.4 Å². The lowest BCUT2D eigenvalue weighted by atomic mass is 9.70. The highest BCUT2D eigenvalue weighted by Crippen LogP contribution is 2.48. The predicted octanol–water partition coefficient (Wildman–Crippen LogP) is 3.06. The highest BCUT2D eigenvalue weighted by atomic mass is 32.2. The van der Waals surface area contributed by atoms with Gasteiger partial charge in [0, 0.05) is 24.5 Å². The van der Waals surface area contributed by atoms with E-state index in [0.29, 0.717) is 42.5 Å². The lowest BCUT2D eigenvalue weighted by molar-refractivity contribution is -0.120. The normalized spacial score (nSPS) is 22.7. The van der Waals surface area contributed by atoms with Gasteiger partial charge >= 0.3 is 0 Å². The molecule has 0 spiro atoms. The van der Waals surface area contributed by atoms with Crippen molar-refractivity contribution >= 4 is 27.0 Å². The Kier molecular flexibility index (Phi) is 5.86. The molecule has 1 amide bonds. The zero-order valence-electron chi connectivity index (χ0n) is 18.0. The third-order valence-corrected chi connectivity index (χ3v) is 7.69. The average Bonchev–Trinajstić information content (AvgIpc) is 3.31. The zero-order chi connectivity index (χ0) is 24.0. The molecule has 3 aromatic rings. The van der Waals surface area contributed by atoms with Gasteiger partial charge in [0.05, 0.1) is 11.2 Å². The molecule has 180 valence electrons. The van der Waals surface area contributed by atoms with Crippen molar-refractivity contribution in [3.05, 3.63) is 59.4 Å². The lowest BCUT2D eigenvalue weighted by Gasteiger charge is -2.36. The molecule has 0 radical (unpaired) electrons. The molecule has 11 heteroatoms. The van der Waals surface area contributed by atoms with Crippen LogP contribution >= 0.6 is 0 Å². The number of amides is 1. The van der Waals surface area contributed by atoms with Crippen LogP contribution in [-0.4, -0.2) is 38.4 Å². The second-order valence-corrected chi connectivity index (χ2v) is 10.4. The Balaban J connectivity index is 1.33. The number of hydrogen-bond donors (Lipinski definition) is 4. The zero-order valence-corrected chi connectivity index (χ0v) is 18.8. The predicted molar refractivity (Wildman–Crippen MR) is 121 cm³/mol. The van der Waals surface area contributed by atoms with Gasteiger partial charge in [-0.2, -0.15) is 13.1 Å².